The summed E-state index contributed by atoms with van der Waals surface area (Å²) in [6.07, 6.45) is 1.25. The predicted octanol–water partition coefficient (Wildman–Crippen LogP) is 3.16. The van der Waals surface area contributed by atoms with Crippen molar-refractivity contribution in [3.05, 3.63) is 64.3 Å². The molecule has 1 heterocycles. The molecule has 5 heteroatoms. The second kappa shape index (κ2) is 5.27. The van der Waals surface area contributed by atoms with Gasteiger partial charge in [0.2, 0.25) is 0 Å². The quantitative estimate of drug-likeness (QED) is 0.661. The van der Waals surface area contributed by atoms with Crippen LogP contribution in [0.3, 0.4) is 0 Å². The van der Waals surface area contributed by atoms with E-state index < -0.39 is 4.92 Å². The van der Waals surface area contributed by atoms with Crippen molar-refractivity contribution in [2.45, 2.75) is 13.0 Å². The lowest BCUT2D eigenvalue weighted by Gasteiger charge is -2.14. The van der Waals surface area contributed by atoms with Crippen LogP contribution in [0, 0.1) is 10.1 Å². The van der Waals surface area contributed by atoms with Gasteiger partial charge >= 0.3 is 0 Å². The van der Waals surface area contributed by atoms with Crippen LogP contribution in [-0.2, 0) is 0 Å². The zero-order valence-electron chi connectivity index (χ0n) is 9.91. The second-order valence-electron chi connectivity index (χ2n) is 3.94. The van der Waals surface area contributed by atoms with Gasteiger partial charge in [0.15, 0.2) is 0 Å². The Bertz CT molecular complexity index is 526. The molecule has 0 fully saturated rings. The van der Waals surface area contributed by atoms with Crippen LogP contribution in [0.2, 0.25) is 0 Å². The van der Waals surface area contributed by atoms with Crippen molar-refractivity contribution in [2.24, 2.45) is 0 Å². The van der Waals surface area contributed by atoms with E-state index >= 15 is 0 Å². The van der Waals surface area contributed by atoms with Gasteiger partial charge in [-0.15, -0.1) is 0 Å². The van der Waals surface area contributed by atoms with Gasteiger partial charge in [0.25, 0.3) is 5.69 Å². The summed E-state index contributed by atoms with van der Waals surface area (Å²) in [6.45, 7) is 2.01. The third-order valence-electron chi connectivity index (χ3n) is 2.62. The summed E-state index contributed by atoms with van der Waals surface area (Å²) in [5.41, 5.74) is 1.13. The summed E-state index contributed by atoms with van der Waals surface area (Å²) in [6, 6.07) is 13.1. The maximum absolute atomic E-state index is 10.5. The van der Waals surface area contributed by atoms with Crippen LogP contribution < -0.4 is 5.32 Å². The first-order chi connectivity index (χ1) is 8.66. The molecule has 0 saturated carbocycles. The summed E-state index contributed by atoms with van der Waals surface area (Å²) >= 11 is 0. The summed E-state index contributed by atoms with van der Waals surface area (Å²) in [4.78, 5) is 14.1. The Morgan fingerprint density at radius 2 is 1.94 bits per heavy atom. The maximum atomic E-state index is 10.5. The van der Waals surface area contributed by atoms with Gasteiger partial charge in [-0.05, 0) is 18.6 Å². The van der Waals surface area contributed by atoms with Crippen molar-refractivity contribution in [2.75, 3.05) is 5.32 Å². The van der Waals surface area contributed by atoms with Crippen LogP contribution in [0.1, 0.15) is 18.5 Å². The van der Waals surface area contributed by atoms with E-state index in [1.54, 1.807) is 6.07 Å². The van der Waals surface area contributed by atoms with Crippen molar-refractivity contribution in [3.8, 4) is 0 Å². The molecule has 5 nitrogen and oxygen atoms in total. The van der Waals surface area contributed by atoms with Gasteiger partial charge < -0.3 is 5.32 Å². The van der Waals surface area contributed by atoms with E-state index in [2.05, 4.69) is 10.3 Å². The van der Waals surface area contributed by atoms with Gasteiger partial charge in [0.1, 0.15) is 12.0 Å². The first kappa shape index (κ1) is 12.0. The number of anilines is 1. The Kier molecular flexibility index (Phi) is 3.52. The van der Waals surface area contributed by atoms with Gasteiger partial charge in [-0.2, -0.15) is 0 Å². The standard InChI is InChI=1S/C13H13N3O2/c1-10(11-5-3-2-4-6-11)15-13-8-7-12(9-14-13)16(17)18/h2-10H,1H3,(H,14,15)/t10-/m0/s1. The molecule has 0 aliphatic rings. The monoisotopic (exact) mass is 243 g/mol. The van der Waals surface area contributed by atoms with Crippen molar-refractivity contribution in [3.63, 3.8) is 0 Å². The minimum Gasteiger partial charge on any atom is -0.364 e. The molecule has 0 aliphatic heterocycles. The topological polar surface area (TPSA) is 68.1 Å². The maximum Gasteiger partial charge on any atom is 0.287 e. The predicted molar refractivity (Wildman–Crippen MR) is 69.4 cm³/mol. The molecule has 0 unspecified atom stereocenters. The molecule has 2 aromatic rings. The molecule has 2 rings (SSSR count). The van der Waals surface area contributed by atoms with Crippen LogP contribution in [0.25, 0.3) is 0 Å². The number of nitrogens with one attached hydrogen (secondary N) is 1. The number of rotatable bonds is 4. The number of nitrogens with zero attached hydrogens (tertiary/aromatic N) is 2. The molecule has 0 saturated heterocycles. The molecular weight excluding hydrogens is 230 g/mol. The summed E-state index contributed by atoms with van der Waals surface area (Å²) in [5, 5.41) is 13.7. The molecule has 18 heavy (non-hydrogen) atoms. The van der Waals surface area contributed by atoms with E-state index in [0.29, 0.717) is 5.82 Å². The number of hydrogen-bond acceptors (Lipinski definition) is 4. The highest BCUT2D eigenvalue weighted by atomic mass is 16.6. The molecule has 0 amide bonds. The van der Waals surface area contributed by atoms with Crippen molar-refractivity contribution < 1.29 is 4.92 Å². The molecule has 0 aliphatic carbocycles. The fourth-order valence-corrected chi connectivity index (χ4v) is 1.63. The highest BCUT2D eigenvalue weighted by Crippen LogP contribution is 2.18. The minimum atomic E-state index is -0.461. The number of hydrogen-bond donors (Lipinski definition) is 1. The third kappa shape index (κ3) is 2.82. The molecule has 0 radical (unpaired) electrons. The lowest BCUT2D eigenvalue weighted by molar-refractivity contribution is -0.385. The highest BCUT2D eigenvalue weighted by molar-refractivity contribution is 5.42. The molecule has 1 aromatic heterocycles. The van der Waals surface area contributed by atoms with Gasteiger partial charge in [-0.3, -0.25) is 10.1 Å². The van der Waals surface area contributed by atoms with E-state index in [1.807, 2.05) is 37.3 Å². The lowest BCUT2D eigenvalue weighted by Crippen LogP contribution is -2.07. The van der Waals surface area contributed by atoms with E-state index in [1.165, 1.54) is 12.3 Å². The average molecular weight is 243 g/mol. The Morgan fingerprint density at radius 3 is 2.50 bits per heavy atom. The average Bonchev–Trinajstić information content (AvgIpc) is 2.40. The van der Waals surface area contributed by atoms with Crippen LogP contribution in [0.15, 0.2) is 48.7 Å². The molecule has 1 aromatic carbocycles. The van der Waals surface area contributed by atoms with E-state index in [9.17, 15) is 10.1 Å². The van der Waals surface area contributed by atoms with E-state index in [4.69, 9.17) is 0 Å². The second-order valence-corrected chi connectivity index (χ2v) is 3.94. The molecular formula is C13H13N3O2. The molecule has 0 spiro atoms. The largest absolute Gasteiger partial charge is 0.364 e. The van der Waals surface area contributed by atoms with Crippen molar-refractivity contribution in [1.29, 1.82) is 0 Å². The van der Waals surface area contributed by atoms with Crippen LogP contribution in [0.5, 0.6) is 0 Å². The van der Waals surface area contributed by atoms with Gasteiger partial charge in [-0.1, -0.05) is 30.3 Å². The van der Waals surface area contributed by atoms with Gasteiger partial charge in [-0.25, -0.2) is 4.98 Å². The molecule has 1 atom stereocenters. The summed E-state index contributed by atoms with van der Waals surface area (Å²) in [5.74, 6) is 0.622. The normalized spacial score (nSPS) is 11.8. The van der Waals surface area contributed by atoms with Crippen molar-refractivity contribution >= 4 is 11.5 Å². The number of pyridine rings is 1. The fraction of sp³-hybridized carbons (Fsp3) is 0.154. The number of benzene rings is 1. The Balaban J connectivity index is 2.08. The lowest BCUT2D eigenvalue weighted by atomic mass is 10.1. The highest BCUT2D eigenvalue weighted by Gasteiger charge is 2.08. The summed E-state index contributed by atoms with van der Waals surface area (Å²) < 4.78 is 0. The zero-order chi connectivity index (χ0) is 13.0. The SMILES string of the molecule is C[C@H](Nc1ccc([N+](=O)[O-])cn1)c1ccccc1. The van der Waals surface area contributed by atoms with Gasteiger partial charge in [0, 0.05) is 12.1 Å². The van der Waals surface area contributed by atoms with Crippen LogP contribution >= 0.6 is 0 Å². The van der Waals surface area contributed by atoms with Crippen LogP contribution in [-0.4, -0.2) is 9.91 Å². The number of nitro groups is 1. The molecule has 0 bridgehead atoms. The Labute approximate surface area is 105 Å². The zero-order valence-corrected chi connectivity index (χ0v) is 9.91. The minimum absolute atomic E-state index is 0.00656. The van der Waals surface area contributed by atoms with E-state index in [0.717, 1.165) is 5.56 Å². The first-order valence-corrected chi connectivity index (χ1v) is 5.59. The molecule has 92 valence electrons. The van der Waals surface area contributed by atoms with Crippen LogP contribution in [0.4, 0.5) is 11.5 Å². The molecule has 1 N–H and O–H groups in total. The summed E-state index contributed by atoms with van der Waals surface area (Å²) in [7, 11) is 0. The van der Waals surface area contributed by atoms with E-state index in [-0.39, 0.29) is 11.7 Å². The Hall–Kier alpha value is -2.43. The smallest absolute Gasteiger partial charge is 0.287 e. The van der Waals surface area contributed by atoms with Crippen molar-refractivity contribution in [1.82, 2.24) is 4.98 Å². The first-order valence-electron chi connectivity index (χ1n) is 5.59. The fourth-order valence-electron chi connectivity index (χ4n) is 1.63. The Morgan fingerprint density at radius 1 is 1.22 bits per heavy atom. The third-order valence-corrected chi connectivity index (χ3v) is 2.62. The number of aromatic nitrogens is 1. The van der Waals surface area contributed by atoms with Gasteiger partial charge in [0.05, 0.1) is 4.92 Å².